The van der Waals surface area contributed by atoms with Crippen LogP contribution in [0.5, 0.6) is 0 Å². The van der Waals surface area contributed by atoms with E-state index in [2.05, 4.69) is 67.6 Å². The van der Waals surface area contributed by atoms with Crippen LogP contribution in [0.1, 0.15) is 102 Å². The second-order valence-corrected chi connectivity index (χ2v) is 12.6. The number of ether oxygens (including phenoxy) is 1. The molecule has 0 aliphatic heterocycles. The lowest BCUT2D eigenvalue weighted by Crippen LogP contribution is -2.26. The molecule has 2 aliphatic carbocycles. The van der Waals surface area contributed by atoms with Crippen LogP contribution in [0.25, 0.3) is 11.1 Å². The summed E-state index contributed by atoms with van der Waals surface area (Å²) in [4.78, 5) is 23.8. The molecule has 0 radical (unpaired) electrons. The lowest BCUT2D eigenvalue weighted by molar-refractivity contribution is -0.146. The highest BCUT2D eigenvalue weighted by molar-refractivity contribution is 5.90. The number of carbonyl (C=O) groups excluding carboxylic acids is 2. The molecule has 0 spiro atoms. The van der Waals surface area contributed by atoms with Crippen molar-refractivity contribution in [3.8, 4) is 0 Å². The third-order valence-corrected chi connectivity index (χ3v) is 9.81. The average Bonchev–Trinajstić information content (AvgIpc) is 3.53. The maximum absolute atomic E-state index is 12.2. The Morgan fingerprint density at radius 3 is 2.36 bits per heavy atom. The monoisotopic (exact) mass is 570 g/mol. The van der Waals surface area contributed by atoms with Crippen LogP contribution >= 0.6 is 0 Å². The quantitative estimate of drug-likeness (QED) is 0.152. The van der Waals surface area contributed by atoms with Crippen molar-refractivity contribution in [2.24, 2.45) is 23.2 Å². The molecule has 42 heavy (non-hydrogen) atoms. The molecule has 2 aliphatic rings. The molecule has 1 saturated carbocycles. The van der Waals surface area contributed by atoms with Crippen molar-refractivity contribution in [3.63, 3.8) is 0 Å². The summed E-state index contributed by atoms with van der Waals surface area (Å²) in [7, 11) is 0. The minimum Gasteiger partial charge on any atom is -0.465 e. The van der Waals surface area contributed by atoms with Gasteiger partial charge in [-0.2, -0.15) is 0 Å². The lowest BCUT2D eigenvalue weighted by Gasteiger charge is -2.37. The summed E-state index contributed by atoms with van der Waals surface area (Å²) in [6.07, 6.45) is 11.1. The van der Waals surface area contributed by atoms with E-state index >= 15 is 0 Å². The van der Waals surface area contributed by atoms with Gasteiger partial charge in [0.05, 0.1) is 6.61 Å². The number of Topliss-reactive ketones (excluding diaryl/α,β-unsaturated/α-hetero) is 1. The van der Waals surface area contributed by atoms with Crippen LogP contribution in [0, 0.1) is 23.2 Å². The van der Waals surface area contributed by atoms with Gasteiger partial charge in [0.25, 0.3) is 0 Å². The molecule has 2 aromatic carbocycles. The second kappa shape index (κ2) is 15.5. The molecule has 2 aromatic rings. The molecule has 0 heterocycles. The van der Waals surface area contributed by atoms with Crippen molar-refractivity contribution >= 4 is 22.9 Å². The first-order valence-electron chi connectivity index (χ1n) is 16.2. The van der Waals surface area contributed by atoms with Gasteiger partial charge in [-0.1, -0.05) is 106 Å². The molecule has 226 valence electrons. The van der Waals surface area contributed by atoms with Gasteiger partial charge in [-0.05, 0) is 72.6 Å². The summed E-state index contributed by atoms with van der Waals surface area (Å²) in [6, 6.07) is 21.9. The zero-order chi connectivity index (χ0) is 30.0. The number of hydrogen-bond acceptors (Lipinski definition) is 4. The van der Waals surface area contributed by atoms with E-state index < -0.39 is 0 Å². The number of allylic oxidation sites excluding steroid dienone is 3. The second-order valence-electron chi connectivity index (χ2n) is 12.6. The van der Waals surface area contributed by atoms with Gasteiger partial charge in [0, 0.05) is 37.2 Å². The summed E-state index contributed by atoms with van der Waals surface area (Å²) in [5, 5.41) is 9.44. The lowest BCUT2D eigenvalue weighted by atomic mass is 9.66. The summed E-state index contributed by atoms with van der Waals surface area (Å²) in [6.45, 7) is 9.01. The smallest absolute Gasteiger partial charge is 0.305 e. The van der Waals surface area contributed by atoms with Crippen molar-refractivity contribution in [1.82, 2.24) is 0 Å². The Morgan fingerprint density at radius 1 is 1.00 bits per heavy atom. The molecule has 0 saturated heterocycles. The van der Waals surface area contributed by atoms with Gasteiger partial charge in [-0.3, -0.25) is 9.59 Å². The number of fused-ring (bicyclic) bond motifs is 1. The summed E-state index contributed by atoms with van der Waals surface area (Å²) in [5.74, 6) is 0.848. The summed E-state index contributed by atoms with van der Waals surface area (Å²) >= 11 is 0. The topological polar surface area (TPSA) is 63.6 Å². The van der Waals surface area contributed by atoms with Crippen LogP contribution in [0.4, 0.5) is 0 Å². The number of aliphatic hydroxyl groups is 1. The predicted octanol–water partition coefficient (Wildman–Crippen LogP) is 8.84. The number of aliphatic hydroxyl groups excluding tert-OH is 1. The van der Waals surface area contributed by atoms with E-state index in [9.17, 15) is 14.7 Å². The largest absolute Gasteiger partial charge is 0.465 e. The van der Waals surface area contributed by atoms with Crippen molar-refractivity contribution < 1.29 is 19.4 Å². The normalized spacial score (nSPS) is 22.2. The fraction of sp³-hybridized carbons (Fsp3) is 0.526. The highest BCUT2D eigenvalue weighted by Crippen LogP contribution is 2.67. The maximum atomic E-state index is 12.2. The van der Waals surface area contributed by atoms with Crippen molar-refractivity contribution in [2.75, 3.05) is 13.2 Å². The fourth-order valence-electron chi connectivity index (χ4n) is 7.48. The number of esters is 1. The van der Waals surface area contributed by atoms with E-state index in [0.29, 0.717) is 24.7 Å². The van der Waals surface area contributed by atoms with E-state index in [1.807, 2.05) is 0 Å². The predicted molar refractivity (Wildman–Crippen MR) is 172 cm³/mol. The highest BCUT2D eigenvalue weighted by atomic mass is 16.5. The van der Waals surface area contributed by atoms with Gasteiger partial charge in [0.15, 0.2) is 0 Å². The molecule has 4 nitrogen and oxygen atoms in total. The fourth-order valence-corrected chi connectivity index (χ4v) is 7.48. The first-order chi connectivity index (χ1) is 20.4. The van der Waals surface area contributed by atoms with Crippen LogP contribution in [0.2, 0.25) is 0 Å². The molecule has 1 fully saturated rings. The van der Waals surface area contributed by atoms with Gasteiger partial charge < -0.3 is 9.84 Å². The number of carbonyl (C=O) groups is 2. The first kappa shape index (κ1) is 31.9. The van der Waals surface area contributed by atoms with Crippen LogP contribution < -0.4 is 0 Å². The van der Waals surface area contributed by atoms with Crippen LogP contribution in [0.3, 0.4) is 0 Å². The van der Waals surface area contributed by atoms with Gasteiger partial charge in [-0.25, -0.2) is 0 Å². The summed E-state index contributed by atoms with van der Waals surface area (Å²) < 4.78 is 5.33. The molecule has 0 unspecified atom stereocenters. The summed E-state index contributed by atoms with van der Waals surface area (Å²) in [5.41, 5.74) is 7.11. The van der Waals surface area contributed by atoms with Gasteiger partial charge in [-0.15, -0.1) is 0 Å². The Hall–Kier alpha value is -2.98. The Kier molecular flexibility index (Phi) is 11.8. The molecule has 4 heteroatoms. The minimum atomic E-state index is -0.293. The van der Waals surface area contributed by atoms with E-state index in [4.69, 9.17) is 11.3 Å². The molecule has 0 amide bonds. The minimum absolute atomic E-state index is 0.0106. The molecule has 4 atom stereocenters. The number of hydrogen-bond donors (Lipinski definition) is 1. The highest BCUT2D eigenvalue weighted by Gasteiger charge is 2.55. The standard InChI is InChI=1S/C38H50O4/c1-4-34(40)24-30(26-39)27-42-36(41)21-15-7-5-6-10-20-33-25-35-28(2)22-23-38(35,29(3)31-16-11-8-12-17-31)37(33)32-18-13-9-14-19-32/h8-9,11-14,16-19,28,30,35,39H,3-7,10,15,20-27H2,1-2H3/t28-,30+,35+,38+/m1/s1. The number of benzene rings is 2. The maximum Gasteiger partial charge on any atom is 0.305 e. The van der Waals surface area contributed by atoms with Gasteiger partial charge in [0.2, 0.25) is 0 Å². The average molecular weight is 571 g/mol. The van der Waals surface area contributed by atoms with Gasteiger partial charge >= 0.3 is 5.97 Å². The molecule has 1 N–H and O–H groups in total. The van der Waals surface area contributed by atoms with Crippen molar-refractivity contribution in [3.05, 3.63) is 83.9 Å². The Labute approximate surface area is 253 Å². The third-order valence-electron chi connectivity index (χ3n) is 9.81. The molecular formula is C38H50O4. The number of ketones is 1. The zero-order valence-corrected chi connectivity index (χ0v) is 25.8. The molecular weight excluding hydrogens is 520 g/mol. The van der Waals surface area contributed by atoms with Crippen molar-refractivity contribution in [2.45, 2.75) is 90.9 Å². The first-order valence-corrected chi connectivity index (χ1v) is 16.2. The number of rotatable bonds is 17. The van der Waals surface area contributed by atoms with Crippen LogP contribution in [-0.4, -0.2) is 30.1 Å². The van der Waals surface area contributed by atoms with Gasteiger partial charge in [0.1, 0.15) is 5.78 Å². The third kappa shape index (κ3) is 7.50. The Morgan fingerprint density at radius 2 is 1.67 bits per heavy atom. The molecule has 0 aromatic heterocycles. The SMILES string of the molecule is C=C(c1ccccc1)[C@@]12CC[C@@H](C)[C@@H]1CC(CCCCCCCC(=O)OC[C@H](CO)CC(=O)CC)=C2c1ccccc1. The van der Waals surface area contributed by atoms with E-state index in [0.717, 1.165) is 38.5 Å². The van der Waals surface area contributed by atoms with Crippen LogP contribution in [-0.2, 0) is 14.3 Å². The molecule has 4 rings (SSSR count). The molecule has 0 bridgehead atoms. The van der Waals surface area contributed by atoms with E-state index in [1.54, 1.807) is 18.1 Å². The Bertz CT molecular complexity index is 1210. The van der Waals surface area contributed by atoms with E-state index in [-0.39, 0.29) is 42.7 Å². The van der Waals surface area contributed by atoms with Crippen molar-refractivity contribution in [1.29, 1.82) is 0 Å². The Balaban J connectivity index is 1.32. The van der Waals surface area contributed by atoms with Crippen LogP contribution in [0.15, 0.2) is 72.8 Å². The van der Waals surface area contributed by atoms with E-state index in [1.165, 1.54) is 36.0 Å². The number of unbranched alkanes of at least 4 members (excludes halogenated alkanes) is 4. The zero-order valence-electron chi connectivity index (χ0n) is 25.8.